The molecule has 0 aliphatic carbocycles. The first-order valence-corrected chi connectivity index (χ1v) is 15.8. The third-order valence-electron chi connectivity index (χ3n) is 6.77. The van der Waals surface area contributed by atoms with Gasteiger partial charge in [-0.1, -0.05) is 35.8 Å². The van der Waals surface area contributed by atoms with Crippen molar-refractivity contribution in [1.29, 1.82) is 0 Å². The summed E-state index contributed by atoms with van der Waals surface area (Å²) >= 11 is 0. The molecule has 0 aliphatic rings. The van der Waals surface area contributed by atoms with Crippen molar-refractivity contribution in [2.45, 2.75) is 25.7 Å². The summed E-state index contributed by atoms with van der Waals surface area (Å²) in [5, 5.41) is 2.15. The molecular formula is C38H44N4O4. The lowest BCUT2D eigenvalue weighted by Crippen LogP contribution is -2.07. The summed E-state index contributed by atoms with van der Waals surface area (Å²) in [6.45, 7) is 4.39. The molecule has 0 saturated heterocycles. The number of rotatable bonds is 16. The minimum atomic E-state index is 0.531. The molecule has 0 unspecified atom stereocenters. The second-order valence-corrected chi connectivity index (χ2v) is 10.6. The third-order valence-corrected chi connectivity index (χ3v) is 6.77. The highest BCUT2D eigenvalue weighted by molar-refractivity contribution is 5.85. The fourth-order valence-corrected chi connectivity index (χ4v) is 4.41. The van der Waals surface area contributed by atoms with E-state index in [1.165, 1.54) is 0 Å². The lowest BCUT2D eigenvalue weighted by molar-refractivity contribution is 0.297. The maximum absolute atomic E-state index is 5.88. The molecule has 4 rings (SSSR count). The number of nitrogens with two attached hydrogens (primary N) is 4. The molecule has 8 N–H and O–H groups in total. The molecule has 0 atom stereocenters. The Labute approximate surface area is 272 Å². The van der Waals surface area contributed by atoms with Crippen LogP contribution in [0.25, 0.3) is 10.8 Å². The molecule has 0 radical (unpaired) electrons. The summed E-state index contributed by atoms with van der Waals surface area (Å²) in [5.74, 6) is 15.9. The van der Waals surface area contributed by atoms with Crippen LogP contribution < -0.4 is 41.9 Å². The predicted octanol–water partition coefficient (Wildman–Crippen LogP) is 4.55. The van der Waals surface area contributed by atoms with E-state index in [0.717, 1.165) is 58.7 Å². The van der Waals surface area contributed by atoms with Crippen molar-refractivity contribution < 1.29 is 18.9 Å². The first kappa shape index (κ1) is 34.2. The van der Waals surface area contributed by atoms with Gasteiger partial charge in [0.1, 0.15) is 23.0 Å². The second kappa shape index (κ2) is 19.0. The number of hydrogen-bond donors (Lipinski definition) is 4. The molecule has 0 amide bonds. The van der Waals surface area contributed by atoms with Gasteiger partial charge in [0.05, 0.1) is 26.4 Å². The maximum atomic E-state index is 5.88. The Morgan fingerprint density at radius 3 is 1.02 bits per heavy atom. The standard InChI is InChI=1S/C38H44N4O4/c39-13-1-17-43-35-23-31(24-36(27-35)44-18-2-14-40)7-5-29-9-11-33-12-10-30(22-34(33)21-29)6-8-32-25-37(45-19-3-15-41)28-38(26-32)46-20-4-16-42/h9-12,21-28H,1-4,13-20,39-42H2. The monoisotopic (exact) mass is 620 g/mol. The minimum absolute atomic E-state index is 0.531. The summed E-state index contributed by atoms with van der Waals surface area (Å²) in [5.41, 5.74) is 25.9. The van der Waals surface area contributed by atoms with E-state index in [2.05, 4.69) is 47.9 Å². The van der Waals surface area contributed by atoms with E-state index in [9.17, 15) is 0 Å². The Kier molecular flexibility index (Phi) is 14.1. The zero-order valence-corrected chi connectivity index (χ0v) is 26.4. The molecule has 0 aliphatic heterocycles. The number of benzene rings is 4. The normalized spacial score (nSPS) is 10.4. The van der Waals surface area contributed by atoms with Crippen LogP contribution in [0, 0.1) is 23.7 Å². The van der Waals surface area contributed by atoms with Crippen LogP contribution in [0.1, 0.15) is 47.9 Å². The van der Waals surface area contributed by atoms with E-state index in [4.69, 9.17) is 41.9 Å². The van der Waals surface area contributed by atoms with E-state index in [1.807, 2.05) is 48.5 Å². The molecule has 0 heterocycles. The van der Waals surface area contributed by atoms with Crippen molar-refractivity contribution in [3.8, 4) is 46.7 Å². The smallest absolute Gasteiger partial charge is 0.124 e. The third kappa shape index (κ3) is 11.3. The van der Waals surface area contributed by atoms with Crippen molar-refractivity contribution in [1.82, 2.24) is 0 Å². The average Bonchev–Trinajstić information content (AvgIpc) is 3.07. The van der Waals surface area contributed by atoms with Crippen LogP contribution >= 0.6 is 0 Å². The van der Waals surface area contributed by atoms with Crippen molar-refractivity contribution in [2.24, 2.45) is 22.9 Å². The SMILES string of the molecule is NCCCOc1cc(C#Cc2ccc3ccc(C#Cc4cc(OCCCN)cc(OCCCN)c4)cc3c2)cc(OCCCN)c1. The highest BCUT2D eigenvalue weighted by atomic mass is 16.5. The second-order valence-electron chi connectivity index (χ2n) is 10.6. The van der Waals surface area contributed by atoms with Crippen LogP contribution in [0.5, 0.6) is 23.0 Å². The lowest BCUT2D eigenvalue weighted by atomic mass is 10.0. The largest absolute Gasteiger partial charge is 0.493 e. The molecule has 240 valence electrons. The molecule has 8 nitrogen and oxygen atoms in total. The van der Waals surface area contributed by atoms with Crippen molar-refractivity contribution in [3.63, 3.8) is 0 Å². The lowest BCUT2D eigenvalue weighted by Gasteiger charge is -2.10. The first-order valence-electron chi connectivity index (χ1n) is 15.8. The highest BCUT2D eigenvalue weighted by Crippen LogP contribution is 2.25. The van der Waals surface area contributed by atoms with Crippen LogP contribution in [-0.2, 0) is 0 Å². The zero-order valence-electron chi connectivity index (χ0n) is 26.4. The quantitative estimate of drug-likeness (QED) is 0.106. The molecule has 4 aromatic carbocycles. The highest BCUT2D eigenvalue weighted by Gasteiger charge is 2.05. The molecule has 0 bridgehead atoms. The van der Waals surface area contributed by atoms with Gasteiger partial charge in [0.2, 0.25) is 0 Å². The van der Waals surface area contributed by atoms with Crippen LogP contribution in [0.15, 0.2) is 72.8 Å². The van der Waals surface area contributed by atoms with E-state index in [1.54, 1.807) is 0 Å². The van der Waals surface area contributed by atoms with Gasteiger partial charge in [-0.05, 0) is 111 Å². The molecule has 0 spiro atoms. The average molecular weight is 621 g/mol. The van der Waals surface area contributed by atoms with Gasteiger partial charge in [0, 0.05) is 34.4 Å². The van der Waals surface area contributed by atoms with Gasteiger partial charge in [-0.2, -0.15) is 0 Å². The van der Waals surface area contributed by atoms with E-state index >= 15 is 0 Å². The van der Waals surface area contributed by atoms with Crippen LogP contribution in [0.2, 0.25) is 0 Å². The van der Waals surface area contributed by atoms with Crippen LogP contribution in [-0.4, -0.2) is 52.6 Å². The molecule has 0 saturated carbocycles. The Morgan fingerprint density at radius 2 is 0.696 bits per heavy atom. The molecule has 4 aromatic rings. The van der Waals surface area contributed by atoms with Crippen molar-refractivity contribution >= 4 is 10.8 Å². The van der Waals surface area contributed by atoms with Gasteiger partial charge < -0.3 is 41.9 Å². The predicted molar refractivity (Wildman–Crippen MR) is 185 cm³/mol. The Bertz CT molecular complexity index is 1510. The minimum Gasteiger partial charge on any atom is -0.493 e. The summed E-state index contributed by atoms with van der Waals surface area (Å²) in [6, 6.07) is 23.7. The summed E-state index contributed by atoms with van der Waals surface area (Å²) in [6.07, 6.45) is 3.07. The Balaban J connectivity index is 1.56. The zero-order chi connectivity index (χ0) is 32.4. The van der Waals surface area contributed by atoms with Crippen LogP contribution in [0.4, 0.5) is 0 Å². The fourth-order valence-electron chi connectivity index (χ4n) is 4.41. The molecular weight excluding hydrogens is 576 g/mol. The van der Waals surface area contributed by atoms with Crippen LogP contribution in [0.3, 0.4) is 0 Å². The maximum Gasteiger partial charge on any atom is 0.124 e. The fraction of sp³-hybridized carbons (Fsp3) is 0.316. The number of ether oxygens (including phenoxy) is 4. The number of hydrogen-bond acceptors (Lipinski definition) is 8. The van der Waals surface area contributed by atoms with Gasteiger partial charge in [-0.25, -0.2) is 0 Å². The van der Waals surface area contributed by atoms with E-state index in [-0.39, 0.29) is 0 Å². The Morgan fingerprint density at radius 1 is 0.370 bits per heavy atom. The molecule has 0 fully saturated rings. The summed E-state index contributed by atoms with van der Waals surface area (Å²) in [7, 11) is 0. The molecule has 8 heteroatoms. The van der Waals surface area contributed by atoms with Gasteiger partial charge >= 0.3 is 0 Å². The molecule has 0 aromatic heterocycles. The first-order chi connectivity index (χ1) is 22.6. The van der Waals surface area contributed by atoms with Gasteiger partial charge in [0.15, 0.2) is 0 Å². The van der Waals surface area contributed by atoms with E-state index < -0.39 is 0 Å². The Hall–Kier alpha value is -4.70. The topological polar surface area (TPSA) is 141 Å². The molecule has 46 heavy (non-hydrogen) atoms. The number of fused-ring (bicyclic) bond motifs is 1. The van der Waals surface area contributed by atoms with E-state index in [0.29, 0.717) is 75.6 Å². The summed E-state index contributed by atoms with van der Waals surface area (Å²) < 4.78 is 23.5. The van der Waals surface area contributed by atoms with Crippen molar-refractivity contribution in [3.05, 3.63) is 95.1 Å². The van der Waals surface area contributed by atoms with Gasteiger partial charge in [0.25, 0.3) is 0 Å². The van der Waals surface area contributed by atoms with Gasteiger partial charge in [-0.3, -0.25) is 0 Å². The van der Waals surface area contributed by atoms with Gasteiger partial charge in [-0.15, -0.1) is 0 Å². The van der Waals surface area contributed by atoms with Crippen molar-refractivity contribution in [2.75, 3.05) is 52.6 Å². The summed E-state index contributed by atoms with van der Waals surface area (Å²) in [4.78, 5) is 0.